The number of aromatic nitrogens is 2. The van der Waals surface area contributed by atoms with Crippen molar-refractivity contribution in [1.82, 2.24) is 23.9 Å². The summed E-state index contributed by atoms with van der Waals surface area (Å²) >= 11 is 0. The van der Waals surface area contributed by atoms with E-state index in [4.69, 9.17) is 0 Å². The Labute approximate surface area is 172 Å². The second kappa shape index (κ2) is 8.98. The van der Waals surface area contributed by atoms with Crippen LogP contribution in [-0.2, 0) is 16.8 Å². The Morgan fingerprint density at radius 1 is 1.24 bits per heavy atom. The largest absolute Gasteiger partial charge is 0.348 e. The molecule has 2 aromatic rings. The van der Waals surface area contributed by atoms with Crippen LogP contribution >= 0.6 is 0 Å². The van der Waals surface area contributed by atoms with Crippen molar-refractivity contribution in [3.8, 4) is 0 Å². The van der Waals surface area contributed by atoms with Crippen LogP contribution in [0.2, 0.25) is 0 Å². The van der Waals surface area contributed by atoms with Crippen molar-refractivity contribution >= 4 is 16.1 Å². The fourth-order valence-corrected chi connectivity index (χ4v) is 4.76. The van der Waals surface area contributed by atoms with Crippen LogP contribution in [0, 0.1) is 6.92 Å². The van der Waals surface area contributed by atoms with E-state index in [9.17, 15) is 13.2 Å². The standard InChI is InChI=1S/C20H27N5O3S/c1-15-21-14-17(20(26)22-13-16-9-5-4-6-10-16)19(23-15)18-11-7-8-12-25(18)29(27,28)24(2)3/h4-6,9-10,14,18H,7-8,11-13H2,1-3H3,(H,22,26)/t18-/m1/s1. The molecule has 0 spiro atoms. The van der Waals surface area contributed by atoms with Gasteiger partial charge in [-0.15, -0.1) is 0 Å². The summed E-state index contributed by atoms with van der Waals surface area (Å²) in [6.07, 6.45) is 3.76. The normalized spacial score (nSPS) is 18.0. The number of rotatable bonds is 6. The molecule has 156 valence electrons. The van der Waals surface area contributed by atoms with Crippen LogP contribution < -0.4 is 5.32 Å². The maximum absolute atomic E-state index is 12.9. The Balaban J connectivity index is 1.92. The minimum absolute atomic E-state index is 0.309. The number of hydrogen-bond donors (Lipinski definition) is 1. The number of amides is 1. The number of piperidine rings is 1. The summed E-state index contributed by atoms with van der Waals surface area (Å²) in [6, 6.07) is 9.11. The van der Waals surface area contributed by atoms with Crippen molar-refractivity contribution in [3.05, 3.63) is 59.2 Å². The van der Waals surface area contributed by atoms with E-state index >= 15 is 0 Å². The van der Waals surface area contributed by atoms with E-state index in [1.54, 1.807) is 6.92 Å². The van der Waals surface area contributed by atoms with Crippen molar-refractivity contribution in [3.63, 3.8) is 0 Å². The molecule has 1 amide bonds. The average Bonchev–Trinajstić information content (AvgIpc) is 2.72. The maximum atomic E-state index is 12.9. The first-order chi connectivity index (χ1) is 13.8. The molecule has 3 rings (SSSR count). The van der Waals surface area contributed by atoms with Gasteiger partial charge in [0.25, 0.3) is 16.1 Å². The van der Waals surface area contributed by atoms with Crippen LogP contribution in [0.25, 0.3) is 0 Å². The molecule has 0 radical (unpaired) electrons. The highest BCUT2D eigenvalue weighted by Gasteiger charge is 2.37. The lowest BCUT2D eigenvalue weighted by Gasteiger charge is -2.36. The number of hydrogen-bond acceptors (Lipinski definition) is 5. The van der Waals surface area contributed by atoms with Gasteiger partial charge in [-0.3, -0.25) is 4.79 Å². The van der Waals surface area contributed by atoms with Crippen LogP contribution in [0.15, 0.2) is 36.5 Å². The van der Waals surface area contributed by atoms with Gasteiger partial charge >= 0.3 is 0 Å². The third-order valence-corrected chi connectivity index (χ3v) is 6.96. The van der Waals surface area contributed by atoms with Crippen molar-refractivity contribution in [2.24, 2.45) is 0 Å². The van der Waals surface area contributed by atoms with Gasteiger partial charge in [0, 0.05) is 33.4 Å². The number of nitrogens with one attached hydrogen (secondary N) is 1. The number of benzene rings is 1. The molecule has 0 saturated carbocycles. The second-order valence-electron chi connectivity index (χ2n) is 7.30. The van der Waals surface area contributed by atoms with Gasteiger partial charge in [0.05, 0.1) is 17.3 Å². The molecule has 1 N–H and O–H groups in total. The molecule has 1 aromatic heterocycles. The van der Waals surface area contributed by atoms with Crippen LogP contribution in [0.5, 0.6) is 0 Å². The summed E-state index contributed by atoms with van der Waals surface area (Å²) in [5.74, 6) is 0.198. The number of nitrogens with zero attached hydrogens (tertiary/aromatic N) is 4. The van der Waals surface area contributed by atoms with E-state index in [2.05, 4.69) is 15.3 Å². The third kappa shape index (κ3) is 4.80. The quantitative estimate of drug-likeness (QED) is 0.776. The number of carbonyl (C=O) groups is 1. The van der Waals surface area contributed by atoms with Gasteiger partial charge < -0.3 is 5.32 Å². The highest BCUT2D eigenvalue weighted by Crippen LogP contribution is 2.34. The summed E-state index contributed by atoms with van der Waals surface area (Å²) in [4.78, 5) is 21.6. The fourth-order valence-electron chi connectivity index (χ4n) is 3.45. The highest BCUT2D eigenvalue weighted by atomic mass is 32.2. The van der Waals surface area contributed by atoms with Crippen molar-refractivity contribution in [1.29, 1.82) is 0 Å². The molecule has 1 aliphatic heterocycles. The second-order valence-corrected chi connectivity index (χ2v) is 9.39. The Morgan fingerprint density at radius 3 is 2.66 bits per heavy atom. The first-order valence-corrected chi connectivity index (χ1v) is 11.1. The van der Waals surface area contributed by atoms with Crippen molar-refractivity contribution in [2.75, 3.05) is 20.6 Å². The molecule has 0 unspecified atom stereocenters. The molecule has 1 saturated heterocycles. The van der Waals surface area contributed by atoms with E-state index < -0.39 is 16.3 Å². The van der Waals surface area contributed by atoms with Gasteiger partial charge in [-0.05, 0) is 25.3 Å². The smallest absolute Gasteiger partial charge is 0.282 e. The van der Waals surface area contributed by atoms with E-state index in [-0.39, 0.29) is 5.91 Å². The summed E-state index contributed by atoms with van der Waals surface area (Å²) in [6.45, 7) is 2.51. The highest BCUT2D eigenvalue weighted by molar-refractivity contribution is 7.86. The van der Waals surface area contributed by atoms with Crippen LogP contribution in [0.1, 0.15) is 52.7 Å². The predicted molar refractivity (Wildman–Crippen MR) is 110 cm³/mol. The first kappa shape index (κ1) is 21.4. The van der Waals surface area contributed by atoms with E-state index in [0.29, 0.717) is 36.6 Å². The number of aryl methyl sites for hydroxylation is 1. The van der Waals surface area contributed by atoms with Crippen LogP contribution in [0.3, 0.4) is 0 Å². The molecule has 0 bridgehead atoms. The zero-order valence-corrected chi connectivity index (χ0v) is 17.8. The van der Waals surface area contributed by atoms with Gasteiger partial charge in [0.1, 0.15) is 5.82 Å². The van der Waals surface area contributed by atoms with E-state index in [0.717, 1.165) is 18.4 Å². The Bertz CT molecular complexity index is 963. The molecule has 1 aromatic carbocycles. The van der Waals surface area contributed by atoms with Gasteiger partial charge in [-0.2, -0.15) is 17.0 Å². The van der Waals surface area contributed by atoms with Gasteiger partial charge in [0.15, 0.2) is 0 Å². The minimum atomic E-state index is -3.63. The van der Waals surface area contributed by atoms with Gasteiger partial charge in [-0.25, -0.2) is 9.97 Å². The molecule has 29 heavy (non-hydrogen) atoms. The predicted octanol–water partition coefficient (Wildman–Crippen LogP) is 2.05. The molecular formula is C20H27N5O3S. The average molecular weight is 418 g/mol. The Morgan fingerprint density at radius 2 is 1.97 bits per heavy atom. The van der Waals surface area contributed by atoms with E-state index in [1.807, 2.05) is 30.3 Å². The molecule has 1 fully saturated rings. The lowest BCUT2D eigenvalue weighted by atomic mass is 9.98. The monoisotopic (exact) mass is 417 g/mol. The Kier molecular flexibility index (Phi) is 6.61. The minimum Gasteiger partial charge on any atom is -0.348 e. The van der Waals surface area contributed by atoms with Crippen LogP contribution in [0.4, 0.5) is 0 Å². The van der Waals surface area contributed by atoms with Gasteiger partial charge in [-0.1, -0.05) is 36.8 Å². The van der Waals surface area contributed by atoms with Gasteiger partial charge in [0.2, 0.25) is 0 Å². The lowest BCUT2D eigenvalue weighted by molar-refractivity contribution is 0.0946. The SMILES string of the molecule is Cc1ncc(C(=O)NCc2ccccc2)c([C@H]2CCCCN2S(=O)(=O)N(C)C)n1. The molecule has 1 aliphatic rings. The summed E-state index contributed by atoms with van der Waals surface area (Å²) in [5, 5.41) is 2.89. The Hall–Kier alpha value is -2.36. The molecule has 9 heteroatoms. The van der Waals surface area contributed by atoms with Crippen LogP contribution in [-0.4, -0.2) is 53.5 Å². The molecule has 0 aliphatic carbocycles. The molecular weight excluding hydrogens is 390 g/mol. The van der Waals surface area contributed by atoms with E-state index in [1.165, 1.54) is 28.9 Å². The fraction of sp³-hybridized carbons (Fsp3) is 0.450. The molecule has 8 nitrogen and oxygen atoms in total. The zero-order valence-electron chi connectivity index (χ0n) is 17.0. The van der Waals surface area contributed by atoms with Crippen molar-refractivity contribution in [2.45, 2.75) is 38.8 Å². The molecule has 1 atom stereocenters. The third-order valence-electron chi connectivity index (χ3n) is 5.01. The first-order valence-electron chi connectivity index (χ1n) is 9.65. The zero-order chi connectivity index (χ0) is 21.0. The summed E-state index contributed by atoms with van der Waals surface area (Å²) < 4.78 is 28.4. The summed E-state index contributed by atoms with van der Waals surface area (Å²) in [5.41, 5.74) is 1.76. The maximum Gasteiger partial charge on any atom is 0.282 e. The van der Waals surface area contributed by atoms with Crippen molar-refractivity contribution < 1.29 is 13.2 Å². The summed E-state index contributed by atoms with van der Waals surface area (Å²) in [7, 11) is -0.606. The molecule has 2 heterocycles. The lowest BCUT2D eigenvalue weighted by Crippen LogP contribution is -2.45. The number of carbonyl (C=O) groups excluding carboxylic acids is 1. The topological polar surface area (TPSA) is 95.5 Å².